The minimum Gasteiger partial charge on any atom is -0.390 e. The summed E-state index contributed by atoms with van der Waals surface area (Å²) >= 11 is 6.58. The molecule has 0 bridgehead atoms. The van der Waals surface area contributed by atoms with Gasteiger partial charge in [0.1, 0.15) is 11.1 Å². The van der Waals surface area contributed by atoms with Crippen LogP contribution < -0.4 is 26.1 Å². The number of rotatable bonds is 10. The van der Waals surface area contributed by atoms with Crippen LogP contribution in [0.15, 0.2) is 47.4 Å². The quantitative estimate of drug-likeness (QED) is 0.190. The number of amides is 4. The lowest BCUT2D eigenvalue weighted by molar-refractivity contribution is -0.136. The van der Waals surface area contributed by atoms with Crippen LogP contribution in [0.2, 0.25) is 5.02 Å². The van der Waals surface area contributed by atoms with Gasteiger partial charge >= 0.3 is 5.69 Å². The molecule has 3 saturated heterocycles. The van der Waals surface area contributed by atoms with Crippen LogP contribution in [0.5, 0.6) is 0 Å². The summed E-state index contributed by atoms with van der Waals surface area (Å²) in [5.74, 6) is -0.915. The molecule has 1 aliphatic carbocycles. The van der Waals surface area contributed by atoms with E-state index in [9.17, 15) is 29.1 Å². The van der Waals surface area contributed by atoms with Crippen LogP contribution in [-0.4, -0.2) is 103 Å². The Hall–Kier alpha value is -5.32. The van der Waals surface area contributed by atoms with Crippen LogP contribution in [-0.2, 0) is 27.9 Å². The highest BCUT2D eigenvalue weighted by Gasteiger charge is 2.49. The average molecular weight is 840 g/mol. The molecule has 4 aromatic rings. The molecule has 4 fully saturated rings. The molecule has 9 rings (SSSR count). The van der Waals surface area contributed by atoms with Crippen LogP contribution in [0.1, 0.15) is 92.4 Å². The number of aliphatic hydroxyl groups is 1. The maximum Gasteiger partial charge on any atom is 0.328 e. The van der Waals surface area contributed by atoms with Gasteiger partial charge in [-0.3, -0.25) is 38.5 Å². The van der Waals surface area contributed by atoms with Gasteiger partial charge in [-0.25, -0.2) is 9.78 Å². The number of benzene rings is 2. The molecular formula is C43H50ClN9O7. The molecule has 4 amide bonds. The third kappa shape index (κ3) is 7.42. The summed E-state index contributed by atoms with van der Waals surface area (Å²) in [6, 6.07) is 10.00. The lowest BCUT2D eigenvalue weighted by Gasteiger charge is -2.53. The number of anilines is 4. The molecule has 16 nitrogen and oxygen atoms in total. The van der Waals surface area contributed by atoms with Gasteiger partial charge in [0.25, 0.3) is 11.8 Å². The summed E-state index contributed by atoms with van der Waals surface area (Å²) in [4.78, 5) is 79.1. The van der Waals surface area contributed by atoms with E-state index in [0.717, 1.165) is 92.0 Å². The minimum atomic E-state index is -0.989. The first-order chi connectivity index (χ1) is 28.7. The number of nitrogens with zero attached hydrogens (tertiary/aromatic N) is 7. The first kappa shape index (κ1) is 40.1. The first-order valence-electron chi connectivity index (χ1n) is 20.9. The van der Waals surface area contributed by atoms with E-state index >= 15 is 0 Å². The van der Waals surface area contributed by atoms with Gasteiger partial charge in [0.15, 0.2) is 5.82 Å². The maximum absolute atomic E-state index is 13.7. The Labute approximate surface area is 351 Å². The molecule has 2 aromatic carbocycles. The average Bonchev–Trinajstić information content (AvgIpc) is 3.60. The molecular weight excluding hydrogens is 790 g/mol. The molecule has 1 atom stereocenters. The topological polar surface area (TPSA) is 184 Å². The number of carbonyl (C=O) groups excluding carboxylic acids is 4. The molecule has 17 heteroatoms. The fraction of sp³-hybridized carbons (Fsp3) is 0.512. The van der Waals surface area contributed by atoms with Crippen molar-refractivity contribution in [3.63, 3.8) is 0 Å². The molecule has 316 valence electrons. The number of aromatic nitrogens is 4. The van der Waals surface area contributed by atoms with Crippen LogP contribution in [0.25, 0.3) is 11.0 Å². The number of imidazole rings is 1. The van der Waals surface area contributed by atoms with Gasteiger partial charge in [-0.05, 0) is 101 Å². The van der Waals surface area contributed by atoms with E-state index in [0.29, 0.717) is 40.9 Å². The number of hydrogen-bond donors (Lipinski definition) is 3. The van der Waals surface area contributed by atoms with Crippen molar-refractivity contribution >= 4 is 69.4 Å². The Morgan fingerprint density at radius 3 is 2.42 bits per heavy atom. The number of aryl methyl sites for hydroxylation is 2. The van der Waals surface area contributed by atoms with Crippen molar-refractivity contribution in [3.05, 3.63) is 69.2 Å². The minimum absolute atomic E-state index is 0.0845. The van der Waals surface area contributed by atoms with Crippen molar-refractivity contribution in [3.8, 4) is 0 Å². The molecule has 60 heavy (non-hydrogen) atoms. The highest BCUT2D eigenvalue weighted by atomic mass is 35.5. The second-order valence-electron chi connectivity index (χ2n) is 17.7. The van der Waals surface area contributed by atoms with Crippen molar-refractivity contribution in [2.75, 3.05) is 41.3 Å². The summed E-state index contributed by atoms with van der Waals surface area (Å²) in [7, 11) is 1.74. The Morgan fingerprint density at radius 2 is 1.70 bits per heavy atom. The Bertz CT molecular complexity index is 2450. The van der Waals surface area contributed by atoms with Gasteiger partial charge in [0, 0.05) is 51.9 Å². The highest BCUT2D eigenvalue weighted by Crippen LogP contribution is 2.52. The Balaban J connectivity index is 0.771. The summed E-state index contributed by atoms with van der Waals surface area (Å²) in [6.07, 6.45) is 8.19. The maximum atomic E-state index is 13.7. The number of halogens is 1. The standard InChI is InChI=1S/C43H50ClN9O7/c1-42(2,59)13-20-52-33-21-25(7-8-30(33)49(3)41(52)58)46-36-29(44)24-45-40(48-36)51-16-11-26(12-17-51)60-27-22-43(23-27)14-18-50(19-15-43)31-6-4-5-28-35(31)39(57)53(38(28)56)32-9-10-34(54)47-37(32)55/h4-8,21,24,26-27,32,59H,9-20,22-23H2,1-3H3,(H,45,46,48)(H,47,54,55). The zero-order chi connectivity index (χ0) is 42.1. The number of imide groups is 2. The lowest BCUT2D eigenvalue weighted by atomic mass is 9.61. The van der Waals surface area contributed by atoms with E-state index in [-0.39, 0.29) is 36.2 Å². The molecule has 1 unspecified atom stereocenters. The van der Waals surface area contributed by atoms with Gasteiger partial charge in [0.05, 0.1) is 51.9 Å². The van der Waals surface area contributed by atoms with E-state index in [4.69, 9.17) is 21.3 Å². The summed E-state index contributed by atoms with van der Waals surface area (Å²) < 4.78 is 9.92. The van der Waals surface area contributed by atoms with Crippen molar-refractivity contribution in [2.45, 2.75) is 102 Å². The number of nitrogens with one attached hydrogen (secondary N) is 2. The molecule has 5 aliphatic rings. The van der Waals surface area contributed by atoms with E-state index in [1.165, 1.54) is 0 Å². The Kier molecular flexibility index (Phi) is 10.2. The monoisotopic (exact) mass is 839 g/mol. The highest BCUT2D eigenvalue weighted by molar-refractivity contribution is 6.33. The number of fused-ring (bicyclic) bond motifs is 2. The third-order valence-electron chi connectivity index (χ3n) is 13.1. The normalized spacial score (nSPS) is 21.2. The summed E-state index contributed by atoms with van der Waals surface area (Å²) in [5, 5.41) is 16.3. The fourth-order valence-corrected chi connectivity index (χ4v) is 9.82. The van der Waals surface area contributed by atoms with Gasteiger partial charge in [-0.15, -0.1) is 0 Å². The van der Waals surface area contributed by atoms with Crippen LogP contribution in [0.3, 0.4) is 0 Å². The lowest BCUT2D eigenvalue weighted by Crippen LogP contribution is -2.54. The fourth-order valence-electron chi connectivity index (χ4n) is 9.68. The molecule has 1 spiro atoms. The molecule has 2 aromatic heterocycles. The first-order valence-corrected chi connectivity index (χ1v) is 21.3. The Morgan fingerprint density at radius 1 is 0.950 bits per heavy atom. The van der Waals surface area contributed by atoms with Crippen molar-refractivity contribution < 1.29 is 29.0 Å². The van der Waals surface area contributed by atoms with E-state index in [1.54, 1.807) is 48.4 Å². The molecule has 0 radical (unpaired) electrons. The van der Waals surface area contributed by atoms with Crippen LogP contribution >= 0.6 is 11.6 Å². The van der Waals surface area contributed by atoms with Crippen molar-refractivity contribution in [1.82, 2.24) is 29.3 Å². The smallest absolute Gasteiger partial charge is 0.328 e. The van der Waals surface area contributed by atoms with Gasteiger partial charge in [0.2, 0.25) is 17.8 Å². The number of piperidine rings is 3. The predicted octanol–water partition coefficient (Wildman–Crippen LogP) is 4.52. The molecule has 6 heterocycles. The zero-order valence-electron chi connectivity index (χ0n) is 34.1. The van der Waals surface area contributed by atoms with Gasteiger partial charge in [-0.1, -0.05) is 17.7 Å². The molecule has 4 aliphatic heterocycles. The van der Waals surface area contributed by atoms with Gasteiger partial charge in [-0.2, -0.15) is 4.98 Å². The second-order valence-corrected chi connectivity index (χ2v) is 18.1. The van der Waals surface area contributed by atoms with Crippen LogP contribution in [0, 0.1) is 5.41 Å². The van der Waals surface area contributed by atoms with E-state index in [2.05, 4.69) is 25.4 Å². The molecule has 1 saturated carbocycles. The van der Waals surface area contributed by atoms with E-state index < -0.39 is 35.3 Å². The largest absolute Gasteiger partial charge is 0.390 e. The number of carbonyl (C=O) groups is 4. The molecule has 3 N–H and O–H groups in total. The SMILES string of the molecule is Cn1c(=O)n(CCC(C)(C)O)c2cc(Nc3nc(N4CCC(OC5CC6(CCN(c7cccc8c7C(=O)N(C7CCC(=O)NC7=O)C8=O)CC6)C5)CC4)ncc3Cl)ccc21. The number of ether oxygens (including phenoxy) is 1. The zero-order valence-corrected chi connectivity index (χ0v) is 34.8. The van der Waals surface area contributed by atoms with E-state index in [1.807, 2.05) is 24.3 Å². The van der Waals surface area contributed by atoms with Crippen LogP contribution in [0.4, 0.5) is 23.1 Å². The second kappa shape index (κ2) is 15.3. The predicted molar refractivity (Wildman–Crippen MR) is 225 cm³/mol. The van der Waals surface area contributed by atoms with Crippen molar-refractivity contribution in [1.29, 1.82) is 0 Å². The van der Waals surface area contributed by atoms with Gasteiger partial charge < -0.3 is 25.0 Å². The third-order valence-corrected chi connectivity index (χ3v) is 13.4. The van der Waals surface area contributed by atoms with Crippen molar-refractivity contribution in [2.24, 2.45) is 12.5 Å². The summed E-state index contributed by atoms with van der Waals surface area (Å²) in [6.45, 7) is 6.83. The summed E-state index contributed by atoms with van der Waals surface area (Å²) in [5.41, 5.74) is 2.78. The number of hydrogen-bond acceptors (Lipinski definition) is 12.